The number of nitrogens with zero attached hydrogens (tertiary/aromatic N) is 1. The molecule has 138 valence electrons. The molecule has 3 aromatic rings. The second kappa shape index (κ2) is 10.2. The molecule has 0 aliphatic heterocycles. The Balaban J connectivity index is 1.42. The van der Waals surface area contributed by atoms with E-state index in [1.54, 1.807) is 12.3 Å². The number of esters is 1. The molecular weight excluding hydrogens is 338 g/mol. The van der Waals surface area contributed by atoms with Crippen LogP contribution < -0.4 is 0 Å². The Morgan fingerprint density at radius 3 is 2.07 bits per heavy atom. The van der Waals surface area contributed by atoms with E-state index in [2.05, 4.69) is 17.1 Å². The van der Waals surface area contributed by atoms with E-state index in [-0.39, 0.29) is 0 Å². The zero-order valence-electron chi connectivity index (χ0n) is 15.2. The van der Waals surface area contributed by atoms with Crippen LogP contribution >= 0.6 is 0 Å². The van der Waals surface area contributed by atoms with Crippen LogP contribution in [0.4, 0.5) is 0 Å². The van der Waals surface area contributed by atoms with E-state index in [1.807, 2.05) is 54.6 Å². The summed E-state index contributed by atoms with van der Waals surface area (Å²) in [6.45, 7) is 1.41. The minimum Gasteiger partial charge on any atom is -0.461 e. The summed E-state index contributed by atoms with van der Waals surface area (Å²) in [7, 11) is 0. The molecule has 0 aliphatic carbocycles. The van der Waals surface area contributed by atoms with E-state index in [9.17, 15) is 4.79 Å². The molecule has 1 aromatic heterocycles. The number of carbonyl (C=O) groups excluding carboxylic acids is 1. The molecule has 0 aliphatic rings. The lowest BCUT2D eigenvalue weighted by molar-refractivity contribution is 0.0502. The van der Waals surface area contributed by atoms with Crippen LogP contribution in [0, 0.1) is 0 Å². The van der Waals surface area contributed by atoms with Crippen LogP contribution in [-0.2, 0) is 28.9 Å². The second-order valence-electron chi connectivity index (χ2n) is 6.21. The number of benzene rings is 2. The SMILES string of the molecule is O=C(OCCc1ccccc1)c1cc(COCCc2ccccc2)ccn1. The minimum atomic E-state index is -0.405. The summed E-state index contributed by atoms with van der Waals surface area (Å²) >= 11 is 0. The van der Waals surface area contributed by atoms with E-state index in [0.29, 0.717) is 31.9 Å². The van der Waals surface area contributed by atoms with Gasteiger partial charge >= 0.3 is 5.97 Å². The van der Waals surface area contributed by atoms with Gasteiger partial charge in [-0.2, -0.15) is 0 Å². The highest BCUT2D eigenvalue weighted by atomic mass is 16.5. The average Bonchev–Trinajstić information content (AvgIpc) is 2.73. The molecule has 0 saturated carbocycles. The molecule has 0 atom stereocenters. The van der Waals surface area contributed by atoms with Crippen molar-refractivity contribution in [3.8, 4) is 0 Å². The predicted octanol–water partition coefficient (Wildman–Crippen LogP) is 4.24. The van der Waals surface area contributed by atoms with Crippen molar-refractivity contribution in [2.75, 3.05) is 13.2 Å². The smallest absolute Gasteiger partial charge is 0.356 e. The molecule has 0 spiro atoms. The Morgan fingerprint density at radius 1 is 0.778 bits per heavy atom. The first-order valence-electron chi connectivity index (χ1n) is 9.09. The van der Waals surface area contributed by atoms with Gasteiger partial charge in [0.2, 0.25) is 0 Å². The Hall–Kier alpha value is -2.98. The number of carbonyl (C=O) groups is 1. The van der Waals surface area contributed by atoms with Crippen molar-refractivity contribution in [2.45, 2.75) is 19.4 Å². The van der Waals surface area contributed by atoms with E-state index in [4.69, 9.17) is 9.47 Å². The van der Waals surface area contributed by atoms with Crippen LogP contribution in [0.25, 0.3) is 0 Å². The molecule has 0 bridgehead atoms. The summed E-state index contributed by atoms with van der Waals surface area (Å²) in [6, 6.07) is 23.7. The third kappa shape index (κ3) is 6.35. The number of hydrogen-bond acceptors (Lipinski definition) is 4. The number of pyridine rings is 1. The van der Waals surface area contributed by atoms with Gasteiger partial charge in [0, 0.05) is 12.6 Å². The topological polar surface area (TPSA) is 48.4 Å². The van der Waals surface area contributed by atoms with E-state index >= 15 is 0 Å². The molecule has 1 heterocycles. The fraction of sp³-hybridized carbons (Fsp3) is 0.217. The van der Waals surface area contributed by atoms with Crippen LogP contribution in [0.15, 0.2) is 79.0 Å². The zero-order chi connectivity index (χ0) is 18.7. The summed E-state index contributed by atoms with van der Waals surface area (Å²) in [6.07, 6.45) is 3.17. The van der Waals surface area contributed by atoms with Crippen LogP contribution in [0.5, 0.6) is 0 Å². The Kier molecular flexibility index (Phi) is 7.13. The van der Waals surface area contributed by atoms with Gasteiger partial charge in [-0.3, -0.25) is 0 Å². The van der Waals surface area contributed by atoms with Crippen LogP contribution in [0.2, 0.25) is 0 Å². The molecule has 4 nitrogen and oxygen atoms in total. The van der Waals surface area contributed by atoms with Gasteiger partial charge < -0.3 is 9.47 Å². The van der Waals surface area contributed by atoms with Gasteiger partial charge in [-0.05, 0) is 35.2 Å². The maximum absolute atomic E-state index is 12.2. The van der Waals surface area contributed by atoms with Crippen molar-refractivity contribution < 1.29 is 14.3 Å². The highest BCUT2D eigenvalue weighted by Gasteiger charge is 2.09. The highest BCUT2D eigenvalue weighted by Crippen LogP contribution is 2.07. The first kappa shape index (κ1) is 18.8. The molecule has 0 N–H and O–H groups in total. The third-order valence-corrected chi connectivity index (χ3v) is 4.15. The summed E-state index contributed by atoms with van der Waals surface area (Å²) in [5.74, 6) is -0.405. The maximum Gasteiger partial charge on any atom is 0.356 e. The van der Waals surface area contributed by atoms with Gasteiger partial charge in [-0.25, -0.2) is 9.78 Å². The van der Waals surface area contributed by atoms with Gasteiger partial charge in [-0.1, -0.05) is 60.7 Å². The molecule has 0 unspecified atom stereocenters. The van der Waals surface area contributed by atoms with Gasteiger partial charge in [0.25, 0.3) is 0 Å². The summed E-state index contributed by atoms with van der Waals surface area (Å²) in [5.41, 5.74) is 3.61. The van der Waals surface area contributed by atoms with Crippen molar-refractivity contribution >= 4 is 5.97 Å². The monoisotopic (exact) mass is 361 g/mol. The highest BCUT2D eigenvalue weighted by molar-refractivity contribution is 5.87. The van der Waals surface area contributed by atoms with Crippen molar-refractivity contribution in [1.82, 2.24) is 4.98 Å². The van der Waals surface area contributed by atoms with Gasteiger partial charge in [0.15, 0.2) is 0 Å². The molecule has 3 rings (SSSR count). The third-order valence-electron chi connectivity index (χ3n) is 4.15. The van der Waals surface area contributed by atoms with Gasteiger partial charge in [0.1, 0.15) is 5.69 Å². The fourth-order valence-corrected chi connectivity index (χ4v) is 2.68. The van der Waals surface area contributed by atoms with Gasteiger partial charge in [0.05, 0.1) is 19.8 Å². The largest absolute Gasteiger partial charge is 0.461 e. The standard InChI is InChI=1S/C23H23NO3/c25-23(27-16-13-20-9-5-2-6-10-20)22-17-21(11-14-24-22)18-26-15-12-19-7-3-1-4-8-19/h1-11,14,17H,12-13,15-16,18H2. The van der Waals surface area contributed by atoms with Crippen LogP contribution in [-0.4, -0.2) is 24.2 Å². The summed E-state index contributed by atoms with van der Waals surface area (Å²) in [4.78, 5) is 16.3. The van der Waals surface area contributed by atoms with Gasteiger partial charge in [-0.15, -0.1) is 0 Å². The van der Waals surface area contributed by atoms with E-state index in [0.717, 1.165) is 17.5 Å². The number of rotatable bonds is 9. The van der Waals surface area contributed by atoms with Crippen molar-refractivity contribution in [1.29, 1.82) is 0 Å². The molecule has 0 amide bonds. The lowest BCUT2D eigenvalue weighted by Crippen LogP contribution is -2.10. The molecule has 0 fully saturated rings. The molecule has 0 radical (unpaired) electrons. The fourth-order valence-electron chi connectivity index (χ4n) is 2.68. The lowest BCUT2D eigenvalue weighted by Gasteiger charge is -2.07. The number of aromatic nitrogens is 1. The van der Waals surface area contributed by atoms with Crippen LogP contribution in [0.1, 0.15) is 27.2 Å². The molecule has 27 heavy (non-hydrogen) atoms. The number of hydrogen-bond donors (Lipinski definition) is 0. The summed E-state index contributed by atoms with van der Waals surface area (Å²) < 4.78 is 11.0. The van der Waals surface area contributed by atoms with E-state index in [1.165, 1.54) is 5.56 Å². The van der Waals surface area contributed by atoms with Crippen molar-refractivity contribution in [3.05, 3.63) is 101 Å². The second-order valence-corrected chi connectivity index (χ2v) is 6.21. The quantitative estimate of drug-likeness (QED) is 0.422. The molecule has 0 saturated heterocycles. The van der Waals surface area contributed by atoms with Crippen LogP contribution in [0.3, 0.4) is 0 Å². The molecule has 4 heteroatoms. The normalized spacial score (nSPS) is 10.5. The number of ether oxygens (including phenoxy) is 2. The van der Waals surface area contributed by atoms with Crippen molar-refractivity contribution in [2.24, 2.45) is 0 Å². The van der Waals surface area contributed by atoms with Crippen molar-refractivity contribution in [3.63, 3.8) is 0 Å². The molecular formula is C23H23NO3. The predicted molar refractivity (Wildman–Crippen MR) is 104 cm³/mol. The first-order valence-corrected chi connectivity index (χ1v) is 9.09. The lowest BCUT2D eigenvalue weighted by atomic mass is 10.2. The summed E-state index contributed by atoms with van der Waals surface area (Å²) in [5, 5.41) is 0. The Morgan fingerprint density at radius 2 is 1.41 bits per heavy atom. The minimum absolute atomic E-state index is 0.312. The maximum atomic E-state index is 12.2. The molecule has 2 aromatic carbocycles. The average molecular weight is 361 g/mol. The first-order chi connectivity index (χ1) is 13.3. The van der Waals surface area contributed by atoms with E-state index < -0.39 is 5.97 Å². The Bertz CT molecular complexity index is 835. The zero-order valence-corrected chi connectivity index (χ0v) is 15.2. The Labute approximate surface area is 159 Å².